The van der Waals surface area contributed by atoms with Crippen molar-refractivity contribution in [2.75, 3.05) is 13.6 Å². The van der Waals surface area contributed by atoms with Crippen molar-refractivity contribution in [2.45, 2.75) is 56.9 Å². The number of nitrogens with zero attached hydrogens (tertiary/aromatic N) is 2. The summed E-state index contributed by atoms with van der Waals surface area (Å²) in [6.07, 6.45) is 1.26. The molecule has 1 aliphatic rings. The highest BCUT2D eigenvalue weighted by Crippen LogP contribution is 2.23. The zero-order valence-electron chi connectivity index (χ0n) is 21.6. The summed E-state index contributed by atoms with van der Waals surface area (Å²) in [6.45, 7) is 4.02. The van der Waals surface area contributed by atoms with Crippen LogP contribution in [0, 0.1) is 5.92 Å². The molecule has 0 saturated heterocycles. The van der Waals surface area contributed by atoms with Crippen molar-refractivity contribution in [1.82, 2.24) is 25.8 Å². The summed E-state index contributed by atoms with van der Waals surface area (Å²) in [6, 6.07) is 4.96. The second-order valence-electron chi connectivity index (χ2n) is 9.52. The summed E-state index contributed by atoms with van der Waals surface area (Å²) in [7, 11) is 1.49. The van der Waals surface area contributed by atoms with Gasteiger partial charge in [-0.1, -0.05) is 26.0 Å². The average molecular weight is 560 g/mol. The van der Waals surface area contributed by atoms with Crippen LogP contribution < -0.4 is 16.0 Å². The highest BCUT2D eigenvalue weighted by atomic mass is 32.1. The fourth-order valence-corrected chi connectivity index (χ4v) is 5.02. The van der Waals surface area contributed by atoms with Crippen molar-refractivity contribution in [3.8, 4) is 0 Å². The minimum Gasteiger partial charge on any atom is -0.357 e. The van der Waals surface area contributed by atoms with E-state index in [1.165, 1.54) is 23.3 Å². The van der Waals surface area contributed by atoms with E-state index in [2.05, 4.69) is 33.6 Å². The van der Waals surface area contributed by atoms with E-state index in [9.17, 15) is 24.0 Å². The van der Waals surface area contributed by atoms with Crippen molar-refractivity contribution in [3.63, 3.8) is 0 Å². The molecule has 1 aromatic carbocycles. The van der Waals surface area contributed by atoms with Crippen LogP contribution in [-0.4, -0.2) is 70.3 Å². The van der Waals surface area contributed by atoms with Gasteiger partial charge in [-0.15, -0.1) is 11.3 Å². The molecule has 38 heavy (non-hydrogen) atoms. The number of thiol groups is 1. The van der Waals surface area contributed by atoms with Gasteiger partial charge < -0.3 is 16.0 Å². The number of thiazole rings is 1. The third-order valence-electron chi connectivity index (χ3n) is 6.16. The van der Waals surface area contributed by atoms with E-state index in [4.69, 9.17) is 0 Å². The van der Waals surface area contributed by atoms with Gasteiger partial charge in [0.15, 0.2) is 0 Å². The first kappa shape index (κ1) is 29.3. The molecule has 0 aliphatic carbocycles. The van der Waals surface area contributed by atoms with E-state index in [0.717, 1.165) is 0 Å². The molecule has 0 radical (unpaired) electrons. The molecule has 2 heterocycles. The van der Waals surface area contributed by atoms with Gasteiger partial charge in [0.2, 0.25) is 17.7 Å². The molecular formula is C26H33N5O5S2. The third-order valence-corrected chi connectivity index (χ3v) is 7.28. The van der Waals surface area contributed by atoms with Crippen LogP contribution in [-0.2, 0) is 20.8 Å². The zero-order valence-corrected chi connectivity index (χ0v) is 23.3. The summed E-state index contributed by atoms with van der Waals surface area (Å²) in [4.78, 5) is 68.9. The highest BCUT2D eigenvalue weighted by molar-refractivity contribution is 7.81. The molecule has 12 heteroatoms. The van der Waals surface area contributed by atoms with Gasteiger partial charge in [-0.05, 0) is 37.3 Å². The number of benzene rings is 1. The van der Waals surface area contributed by atoms with Gasteiger partial charge in [0, 0.05) is 25.4 Å². The fourth-order valence-electron chi connectivity index (χ4n) is 4.19. The quantitative estimate of drug-likeness (QED) is 0.218. The van der Waals surface area contributed by atoms with Crippen LogP contribution in [0.25, 0.3) is 0 Å². The molecule has 3 N–H and O–H groups in total. The molecule has 0 fully saturated rings. The van der Waals surface area contributed by atoms with Crippen molar-refractivity contribution >= 4 is 53.5 Å². The van der Waals surface area contributed by atoms with Crippen LogP contribution in [0.1, 0.15) is 59.5 Å². The topological polar surface area (TPSA) is 138 Å². The maximum Gasteiger partial charge on any atom is 0.261 e. The van der Waals surface area contributed by atoms with Gasteiger partial charge in [-0.2, -0.15) is 12.6 Å². The molecule has 3 rings (SSSR count). The molecule has 1 aliphatic heterocycles. The molecule has 1 aromatic heterocycles. The van der Waals surface area contributed by atoms with E-state index >= 15 is 0 Å². The van der Waals surface area contributed by atoms with Gasteiger partial charge in [0.25, 0.3) is 11.8 Å². The van der Waals surface area contributed by atoms with Gasteiger partial charge in [0.05, 0.1) is 27.6 Å². The van der Waals surface area contributed by atoms with Crippen molar-refractivity contribution in [3.05, 3.63) is 52.0 Å². The van der Waals surface area contributed by atoms with Gasteiger partial charge >= 0.3 is 0 Å². The molecule has 1 unspecified atom stereocenters. The van der Waals surface area contributed by atoms with Gasteiger partial charge in [0.1, 0.15) is 12.1 Å². The molecule has 0 saturated carbocycles. The van der Waals surface area contributed by atoms with Gasteiger partial charge in [-0.25, -0.2) is 4.98 Å². The lowest BCUT2D eigenvalue weighted by Gasteiger charge is -2.24. The maximum atomic E-state index is 13.1. The lowest BCUT2D eigenvalue weighted by Crippen LogP contribution is -2.55. The Morgan fingerprint density at radius 3 is 2.18 bits per heavy atom. The minimum absolute atomic E-state index is 0.0928. The molecular weight excluding hydrogens is 526 g/mol. The number of hydrogen-bond acceptors (Lipinski definition) is 8. The number of rotatable bonds is 13. The monoisotopic (exact) mass is 559 g/mol. The Morgan fingerprint density at radius 1 is 1.00 bits per heavy atom. The summed E-state index contributed by atoms with van der Waals surface area (Å²) < 4.78 is 0. The van der Waals surface area contributed by atoms with E-state index < -0.39 is 29.1 Å². The summed E-state index contributed by atoms with van der Waals surface area (Å²) >= 11 is 5.80. The number of fused-ring (bicyclic) bond motifs is 1. The number of aromatic nitrogens is 1. The second-order valence-corrected chi connectivity index (χ2v) is 10.9. The molecule has 2 aromatic rings. The standard InChI is InChI=1S/C26H33N5O5S2/c1-15(2)11-19(23(33)29-20(22(32)27-3)12-16-13-38-14-28-16)30-24(34)21(37)9-6-10-31-25(35)17-7-4-5-8-18(17)26(31)36/h4-5,7-8,13-15,19-21,37H,6,9-12H2,1-3H3,(H,27,32)(H,29,33)(H,30,34)/t19-,20-,21?/m0/s1. The van der Waals surface area contributed by atoms with E-state index in [-0.39, 0.29) is 36.6 Å². The van der Waals surface area contributed by atoms with E-state index in [1.807, 2.05) is 19.2 Å². The first-order valence-corrected chi connectivity index (χ1v) is 13.9. The summed E-state index contributed by atoms with van der Waals surface area (Å²) in [5.74, 6) is -1.86. The van der Waals surface area contributed by atoms with Crippen LogP contribution in [0.3, 0.4) is 0 Å². The maximum absolute atomic E-state index is 13.1. The zero-order chi connectivity index (χ0) is 27.8. The van der Waals surface area contributed by atoms with Crippen LogP contribution in [0.15, 0.2) is 35.2 Å². The van der Waals surface area contributed by atoms with Crippen LogP contribution in [0.4, 0.5) is 0 Å². The lowest BCUT2D eigenvalue weighted by atomic mass is 10.0. The highest BCUT2D eigenvalue weighted by Gasteiger charge is 2.35. The normalized spacial score (nSPS) is 15.1. The average Bonchev–Trinajstić information content (AvgIpc) is 3.49. The Morgan fingerprint density at radius 2 is 1.63 bits per heavy atom. The molecule has 3 atom stereocenters. The van der Waals surface area contributed by atoms with Crippen LogP contribution in [0.5, 0.6) is 0 Å². The number of hydrogen-bond donors (Lipinski definition) is 4. The number of imide groups is 1. The molecule has 5 amide bonds. The van der Waals surface area contributed by atoms with Crippen molar-refractivity contribution in [1.29, 1.82) is 0 Å². The Balaban J connectivity index is 1.56. The van der Waals surface area contributed by atoms with Crippen molar-refractivity contribution < 1.29 is 24.0 Å². The van der Waals surface area contributed by atoms with E-state index in [0.29, 0.717) is 36.1 Å². The number of likely N-dealkylation sites (N-methyl/N-ethyl adjacent to an activating group) is 1. The van der Waals surface area contributed by atoms with Crippen LogP contribution >= 0.6 is 24.0 Å². The van der Waals surface area contributed by atoms with E-state index in [1.54, 1.807) is 29.8 Å². The number of amides is 5. The van der Waals surface area contributed by atoms with Crippen LogP contribution in [0.2, 0.25) is 0 Å². The Bertz CT molecular complexity index is 1140. The Hall–Kier alpha value is -3.25. The summed E-state index contributed by atoms with van der Waals surface area (Å²) in [5, 5.41) is 9.11. The van der Waals surface area contributed by atoms with Crippen molar-refractivity contribution in [2.24, 2.45) is 5.92 Å². The number of nitrogens with one attached hydrogen (secondary N) is 3. The third kappa shape index (κ3) is 7.41. The smallest absolute Gasteiger partial charge is 0.261 e. The Labute approximate surface area is 231 Å². The minimum atomic E-state index is -0.865. The summed E-state index contributed by atoms with van der Waals surface area (Å²) in [5.41, 5.74) is 3.10. The number of carbonyl (C=O) groups is 5. The predicted molar refractivity (Wildman–Crippen MR) is 147 cm³/mol. The first-order chi connectivity index (χ1) is 18.1. The lowest BCUT2D eigenvalue weighted by molar-refractivity contribution is -0.132. The molecule has 0 bridgehead atoms. The first-order valence-electron chi connectivity index (χ1n) is 12.4. The molecule has 0 spiro atoms. The SMILES string of the molecule is CNC(=O)[C@H](Cc1cscn1)NC(=O)[C@H](CC(C)C)NC(=O)C(S)CCCN1C(=O)c2ccccc2C1=O. The second kappa shape index (κ2) is 13.5. The molecule has 10 nitrogen and oxygen atoms in total. The van der Waals surface area contributed by atoms with Gasteiger partial charge in [-0.3, -0.25) is 28.9 Å². The Kier molecular flexibility index (Phi) is 10.4. The fraction of sp³-hybridized carbons (Fsp3) is 0.462. The number of carbonyl (C=O) groups excluding carboxylic acids is 5. The largest absolute Gasteiger partial charge is 0.357 e. The molecule has 204 valence electrons. The predicted octanol–water partition coefficient (Wildman–Crippen LogP) is 1.82.